The third-order valence-corrected chi connectivity index (χ3v) is 3.53. The molecule has 0 atom stereocenters. The van der Waals surface area contributed by atoms with Gasteiger partial charge in [-0.25, -0.2) is 4.79 Å². The maximum Gasteiger partial charge on any atom is 0.339 e. The van der Waals surface area contributed by atoms with Gasteiger partial charge < -0.3 is 15.4 Å². The highest BCUT2D eigenvalue weighted by molar-refractivity contribution is 6.09. The lowest BCUT2D eigenvalue weighted by atomic mass is 9.82. The van der Waals surface area contributed by atoms with Crippen molar-refractivity contribution in [2.45, 2.75) is 46.6 Å². The fourth-order valence-electron chi connectivity index (χ4n) is 2.86. The second kappa shape index (κ2) is 8.52. The summed E-state index contributed by atoms with van der Waals surface area (Å²) < 4.78 is 4.70. The first-order valence-corrected chi connectivity index (χ1v) is 8.36. The van der Waals surface area contributed by atoms with Gasteiger partial charge in [-0.15, -0.1) is 0 Å². The van der Waals surface area contributed by atoms with E-state index < -0.39 is 11.9 Å². The number of nitriles is 1. The Bertz CT molecular complexity index is 737. The zero-order valence-corrected chi connectivity index (χ0v) is 16.3. The van der Waals surface area contributed by atoms with E-state index >= 15 is 0 Å². The van der Waals surface area contributed by atoms with Crippen LogP contribution in [-0.2, 0) is 9.53 Å². The molecule has 0 bridgehead atoms. The molecule has 0 aromatic heterocycles. The van der Waals surface area contributed by atoms with Gasteiger partial charge >= 0.3 is 5.97 Å². The average molecular weight is 357 g/mol. The Morgan fingerprint density at radius 1 is 1.19 bits per heavy atom. The van der Waals surface area contributed by atoms with Crippen LogP contribution in [-0.4, -0.2) is 24.5 Å². The van der Waals surface area contributed by atoms with E-state index in [1.807, 2.05) is 19.9 Å². The van der Waals surface area contributed by atoms with E-state index in [1.54, 1.807) is 24.3 Å². The number of ether oxygens (including phenoxy) is 1. The van der Waals surface area contributed by atoms with E-state index in [2.05, 4.69) is 31.4 Å². The molecule has 0 saturated heterocycles. The largest absolute Gasteiger partial charge is 0.465 e. The molecule has 0 radical (unpaired) electrons. The number of hydrogen-bond donors (Lipinski definition) is 2. The molecular formula is C20H27N3O3. The molecule has 1 rings (SSSR count). The number of carbonyl (C=O) groups is 2. The number of nitrogens with zero attached hydrogens (tertiary/aromatic N) is 1. The number of benzene rings is 1. The Morgan fingerprint density at radius 3 is 2.35 bits per heavy atom. The molecule has 140 valence electrons. The van der Waals surface area contributed by atoms with Crippen LogP contribution < -0.4 is 10.6 Å². The van der Waals surface area contributed by atoms with E-state index in [1.165, 1.54) is 13.3 Å². The maximum absolute atomic E-state index is 12.4. The summed E-state index contributed by atoms with van der Waals surface area (Å²) in [5, 5.41) is 15.1. The normalized spacial score (nSPS) is 12.1. The summed E-state index contributed by atoms with van der Waals surface area (Å²) in [5.41, 5.74) is 0.247. The highest BCUT2D eigenvalue weighted by Crippen LogP contribution is 2.27. The Labute approximate surface area is 155 Å². The first-order valence-electron chi connectivity index (χ1n) is 8.36. The predicted molar refractivity (Wildman–Crippen MR) is 101 cm³/mol. The predicted octanol–water partition coefficient (Wildman–Crippen LogP) is 3.62. The topological polar surface area (TPSA) is 91.2 Å². The summed E-state index contributed by atoms with van der Waals surface area (Å²) in [7, 11) is 1.27. The highest BCUT2D eigenvalue weighted by atomic mass is 16.5. The summed E-state index contributed by atoms with van der Waals surface area (Å²) in [5.74, 6) is -1.16. The van der Waals surface area contributed by atoms with Crippen molar-refractivity contribution >= 4 is 17.6 Å². The minimum atomic E-state index is -0.595. The molecule has 0 unspecified atom stereocenters. The Kier molecular flexibility index (Phi) is 6.96. The molecule has 6 heteroatoms. The standard InChI is InChI=1S/C20H27N3O3/c1-19(2,3)13-20(4,5)22-12-14(11-21)17(24)23-16-10-8-7-9-15(16)18(25)26-6/h7-10,12,22H,13H2,1-6H3,(H,23,24)/b14-12-. The van der Waals surface area contributed by atoms with Gasteiger partial charge in [-0.1, -0.05) is 32.9 Å². The van der Waals surface area contributed by atoms with Crippen LogP contribution in [0.3, 0.4) is 0 Å². The van der Waals surface area contributed by atoms with Crippen LogP contribution in [0.5, 0.6) is 0 Å². The van der Waals surface area contributed by atoms with Gasteiger partial charge in [-0.3, -0.25) is 4.79 Å². The van der Waals surface area contributed by atoms with Crippen LogP contribution in [0, 0.1) is 16.7 Å². The minimum absolute atomic E-state index is 0.0772. The van der Waals surface area contributed by atoms with Crippen molar-refractivity contribution in [2.24, 2.45) is 5.41 Å². The highest BCUT2D eigenvalue weighted by Gasteiger charge is 2.25. The number of carbonyl (C=O) groups excluding carboxylic acids is 2. The molecule has 0 spiro atoms. The molecule has 0 aliphatic carbocycles. The number of amides is 1. The third kappa shape index (κ3) is 6.60. The van der Waals surface area contributed by atoms with Crippen LogP contribution in [0.4, 0.5) is 5.69 Å². The van der Waals surface area contributed by atoms with E-state index in [-0.39, 0.29) is 22.1 Å². The lowest BCUT2D eigenvalue weighted by Gasteiger charge is -2.33. The smallest absolute Gasteiger partial charge is 0.339 e. The van der Waals surface area contributed by atoms with Crippen LogP contribution in [0.1, 0.15) is 51.4 Å². The number of nitrogens with one attached hydrogen (secondary N) is 2. The number of rotatable bonds is 6. The van der Waals surface area contributed by atoms with Crippen molar-refractivity contribution < 1.29 is 14.3 Å². The van der Waals surface area contributed by atoms with Gasteiger partial charge in [0.05, 0.1) is 18.4 Å². The van der Waals surface area contributed by atoms with Crippen molar-refractivity contribution in [3.05, 3.63) is 41.6 Å². The molecule has 0 heterocycles. The van der Waals surface area contributed by atoms with Gasteiger partial charge in [0.1, 0.15) is 11.6 Å². The molecule has 0 aliphatic rings. The van der Waals surface area contributed by atoms with Gasteiger partial charge in [0.15, 0.2) is 0 Å². The number of methoxy groups -OCH3 is 1. The van der Waals surface area contributed by atoms with Crippen LogP contribution in [0.15, 0.2) is 36.0 Å². The maximum atomic E-state index is 12.4. The van der Waals surface area contributed by atoms with Crippen molar-refractivity contribution in [3.63, 3.8) is 0 Å². The minimum Gasteiger partial charge on any atom is -0.465 e. The third-order valence-electron chi connectivity index (χ3n) is 3.53. The first-order chi connectivity index (χ1) is 12.0. The second-order valence-corrected chi connectivity index (χ2v) is 7.93. The van der Waals surface area contributed by atoms with Crippen molar-refractivity contribution in [2.75, 3.05) is 12.4 Å². The summed E-state index contributed by atoms with van der Waals surface area (Å²) in [6.45, 7) is 10.4. The summed E-state index contributed by atoms with van der Waals surface area (Å²) >= 11 is 0. The quantitative estimate of drug-likeness (QED) is 0.461. The number of anilines is 1. The van der Waals surface area contributed by atoms with Crippen molar-refractivity contribution in [1.29, 1.82) is 5.26 Å². The lowest BCUT2D eigenvalue weighted by molar-refractivity contribution is -0.112. The number of esters is 1. The first kappa shape index (κ1) is 21.2. The molecule has 2 N–H and O–H groups in total. The fraction of sp³-hybridized carbons (Fsp3) is 0.450. The molecule has 1 aromatic carbocycles. The van der Waals surface area contributed by atoms with Crippen molar-refractivity contribution in [1.82, 2.24) is 5.32 Å². The molecule has 0 aliphatic heterocycles. The SMILES string of the molecule is COC(=O)c1ccccc1NC(=O)/C(C#N)=C\NC(C)(C)CC(C)(C)C. The summed E-state index contributed by atoms with van der Waals surface area (Å²) in [6, 6.07) is 8.36. The molecule has 0 fully saturated rings. The zero-order valence-electron chi connectivity index (χ0n) is 16.3. The number of para-hydroxylation sites is 1. The molecule has 1 amide bonds. The fourth-order valence-corrected chi connectivity index (χ4v) is 2.86. The Hall–Kier alpha value is -2.81. The van der Waals surface area contributed by atoms with Crippen molar-refractivity contribution in [3.8, 4) is 6.07 Å². The van der Waals surface area contributed by atoms with Gasteiger partial charge in [-0.05, 0) is 37.8 Å². The average Bonchev–Trinajstić information content (AvgIpc) is 2.52. The summed E-state index contributed by atoms with van der Waals surface area (Å²) in [6.07, 6.45) is 2.27. The van der Waals surface area contributed by atoms with Crippen LogP contribution >= 0.6 is 0 Å². The molecule has 1 aromatic rings. The van der Waals surface area contributed by atoms with E-state index in [0.29, 0.717) is 5.69 Å². The van der Waals surface area contributed by atoms with Gasteiger partial charge in [0.25, 0.3) is 5.91 Å². The monoisotopic (exact) mass is 357 g/mol. The molecule has 26 heavy (non-hydrogen) atoms. The Balaban J connectivity index is 2.95. The van der Waals surface area contributed by atoms with Gasteiger partial charge in [0.2, 0.25) is 0 Å². The Morgan fingerprint density at radius 2 is 1.81 bits per heavy atom. The van der Waals surface area contributed by atoms with E-state index in [4.69, 9.17) is 4.74 Å². The molecule has 6 nitrogen and oxygen atoms in total. The lowest BCUT2D eigenvalue weighted by Crippen LogP contribution is -2.39. The second-order valence-electron chi connectivity index (χ2n) is 7.93. The summed E-state index contributed by atoms with van der Waals surface area (Å²) in [4.78, 5) is 24.2. The molecule has 0 saturated carbocycles. The molecular weight excluding hydrogens is 330 g/mol. The zero-order chi connectivity index (χ0) is 20.0. The van der Waals surface area contributed by atoms with E-state index in [0.717, 1.165) is 6.42 Å². The van der Waals surface area contributed by atoms with Crippen LogP contribution in [0.2, 0.25) is 0 Å². The van der Waals surface area contributed by atoms with Crippen LogP contribution in [0.25, 0.3) is 0 Å². The van der Waals surface area contributed by atoms with E-state index in [9.17, 15) is 14.9 Å². The van der Waals surface area contributed by atoms with Gasteiger partial charge in [-0.2, -0.15) is 5.26 Å². The number of hydrogen-bond acceptors (Lipinski definition) is 5. The van der Waals surface area contributed by atoms with Gasteiger partial charge in [0, 0.05) is 11.7 Å².